The number of alkyl halides is 4. The maximum absolute atomic E-state index is 12.9. The van der Waals surface area contributed by atoms with Gasteiger partial charge in [-0.05, 0) is 12.8 Å². The summed E-state index contributed by atoms with van der Waals surface area (Å²) in [7, 11) is 0. The van der Waals surface area contributed by atoms with E-state index in [4.69, 9.17) is 0 Å². The zero-order valence-electron chi connectivity index (χ0n) is 10.2. The largest absolute Gasteiger partial charge is 0.428 e. The lowest BCUT2D eigenvalue weighted by molar-refractivity contribution is -0.193. The van der Waals surface area contributed by atoms with Gasteiger partial charge in [-0.15, -0.1) is 0 Å². The highest BCUT2D eigenvalue weighted by Crippen LogP contribution is 2.24. The second-order valence-electron chi connectivity index (χ2n) is 3.94. The predicted octanol–water partition coefficient (Wildman–Crippen LogP) is 3.32. The zero-order chi connectivity index (χ0) is 13.5. The third-order valence-electron chi connectivity index (χ3n) is 2.38. The summed E-state index contributed by atoms with van der Waals surface area (Å²) in [6.45, 7) is 4.09. The molecule has 17 heavy (non-hydrogen) atoms. The number of hydrogen-bond acceptors (Lipinski definition) is 1. The third kappa shape index (κ3) is 5.89. The maximum Gasteiger partial charge on any atom is 0.428 e. The van der Waals surface area contributed by atoms with Crippen LogP contribution in [0, 0.1) is 0 Å². The molecule has 102 valence electrons. The molecular weight excluding hydrogens is 238 g/mol. The summed E-state index contributed by atoms with van der Waals surface area (Å²) in [6.07, 6.45) is -5.83. The molecule has 2 nitrogen and oxygen atoms in total. The van der Waals surface area contributed by atoms with Gasteiger partial charge < -0.3 is 4.90 Å². The van der Waals surface area contributed by atoms with Gasteiger partial charge in [0.15, 0.2) is 0 Å². The number of nitrogens with zero attached hydrogens (tertiary/aromatic N) is 1. The molecule has 0 aromatic carbocycles. The normalized spacial score (nSPS) is 13.5. The molecule has 0 bridgehead atoms. The lowest BCUT2D eigenvalue weighted by Gasteiger charge is -2.24. The average Bonchev–Trinajstić information content (AvgIpc) is 2.26. The monoisotopic (exact) mass is 257 g/mol. The van der Waals surface area contributed by atoms with E-state index in [-0.39, 0.29) is 13.1 Å². The minimum atomic E-state index is -5.10. The van der Waals surface area contributed by atoms with Crippen LogP contribution in [0.25, 0.3) is 0 Å². The van der Waals surface area contributed by atoms with Gasteiger partial charge >= 0.3 is 6.18 Å². The summed E-state index contributed by atoms with van der Waals surface area (Å²) in [5.74, 6) is -1.46. The van der Waals surface area contributed by atoms with Crippen LogP contribution < -0.4 is 0 Å². The van der Waals surface area contributed by atoms with Crippen LogP contribution in [-0.4, -0.2) is 36.2 Å². The van der Waals surface area contributed by atoms with Gasteiger partial charge in [0.1, 0.15) is 0 Å². The van der Waals surface area contributed by atoms with Crippen LogP contribution in [0.1, 0.15) is 39.5 Å². The Morgan fingerprint density at radius 1 is 1.12 bits per heavy atom. The SMILES string of the molecule is CCCCN(CCCC)C(=O)C(F)C(F)(F)F. The standard InChI is InChI=1S/C11H19F4NO/c1-3-5-7-16(8-6-4-2)10(17)9(12)11(13,14)15/h9H,3-8H2,1-2H3. The summed E-state index contributed by atoms with van der Waals surface area (Å²) in [4.78, 5) is 12.3. The first kappa shape index (κ1) is 16.2. The van der Waals surface area contributed by atoms with Crippen molar-refractivity contribution < 1.29 is 22.4 Å². The van der Waals surface area contributed by atoms with Crippen LogP contribution in [0.15, 0.2) is 0 Å². The number of unbranched alkanes of at least 4 members (excludes halogenated alkanes) is 2. The van der Waals surface area contributed by atoms with Crippen molar-refractivity contribution in [2.24, 2.45) is 0 Å². The molecule has 0 saturated heterocycles. The summed E-state index contributed by atoms with van der Waals surface area (Å²) < 4.78 is 49.1. The highest BCUT2D eigenvalue weighted by Gasteiger charge is 2.47. The number of carbonyl (C=O) groups is 1. The molecule has 0 heterocycles. The van der Waals surface area contributed by atoms with Crippen molar-refractivity contribution in [3.05, 3.63) is 0 Å². The van der Waals surface area contributed by atoms with Crippen molar-refractivity contribution >= 4 is 5.91 Å². The highest BCUT2D eigenvalue weighted by molar-refractivity contribution is 5.81. The number of carbonyl (C=O) groups excluding carboxylic acids is 1. The van der Waals surface area contributed by atoms with E-state index < -0.39 is 18.3 Å². The fourth-order valence-corrected chi connectivity index (χ4v) is 1.33. The van der Waals surface area contributed by atoms with Gasteiger partial charge in [0.05, 0.1) is 0 Å². The van der Waals surface area contributed by atoms with E-state index in [9.17, 15) is 22.4 Å². The van der Waals surface area contributed by atoms with Crippen LogP contribution in [0.3, 0.4) is 0 Å². The van der Waals surface area contributed by atoms with Crippen LogP contribution >= 0.6 is 0 Å². The number of halogens is 4. The molecule has 0 aromatic rings. The molecule has 0 fully saturated rings. The van der Waals surface area contributed by atoms with Gasteiger partial charge in [0, 0.05) is 13.1 Å². The van der Waals surface area contributed by atoms with Crippen molar-refractivity contribution in [3.8, 4) is 0 Å². The first-order valence-electron chi connectivity index (χ1n) is 5.84. The van der Waals surface area contributed by atoms with E-state index in [0.29, 0.717) is 12.8 Å². The molecule has 0 saturated carbocycles. The van der Waals surface area contributed by atoms with Gasteiger partial charge in [-0.1, -0.05) is 26.7 Å². The van der Waals surface area contributed by atoms with Crippen LogP contribution in [0.4, 0.5) is 17.6 Å². The quantitative estimate of drug-likeness (QED) is 0.641. The molecular formula is C11H19F4NO. The molecule has 0 aliphatic carbocycles. The zero-order valence-corrected chi connectivity index (χ0v) is 10.2. The molecule has 0 aromatic heterocycles. The van der Waals surface area contributed by atoms with Crippen molar-refractivity contribution in [1.29, 1.82) is 0 Å². The van der Waals surface area contributed by atoms with Crippen molar-refractivity contribution in [2.45, 2.75) is 51.9 Å². The van der Waals surface area contributed by atoms with E-state index >= 15 is 0 Å². The van der Waals surface area contributed by atoms with Crippen LogP contribution in [-0.2, 0) is 4.79 Å². The second kappa shape index (κ2) is 7.50. The first-order valence-corrected chi connectivity index (χ1v) is 5.84. The van der Waals surface area contributed by atoms with E-state index in [1.807, 2.05) is 13.8 Å². The average molecular weight is 257 g/mol. The molecule has 0 spiro atoms. The third-order valence-corrected chi connectivity index (χ3v) is 2.38. The second-order valence-corrected chi connectivity index (χ2v) is 3.94. The van der Waals surface area contributed by atoms with Crippen LogP contribution in [0.5, 0.6) is 0 Å². The number of rotatable bonds is 7. The Balaban J connectivity index is 4.50. The fourth-order valence-electron chi connectivity index (χ4n) is 1.33. The van der Waals surface area contributed by atoms with Crippen molar-refractivity contribution in [3.63, 3.8) is 0 Å². The molecule has 0 aliphatic rings. The lowest BCUT2D eigenvalue weighted by Crippen LogP contribution is -2.44. The molecule has 0 aliphatic heterocycles. The van der Waals surface area contributed by atoms with Crippen molar-refractivity contribution in [1.82, 2.24) is 4.90 Å². The highest BCUT2D eigenvalue weighted by atomic mass is 19.4. The van der Waals surface area contributed by atoms with Gasteiger partial charge in [0.2, 0.25) is 0 Å². The van der Waals surface area contributed by atoms with Crippen molar-refractivity contribution in [2.75, 3.05) is 13.1 Å². The summed E-state index contributed by atoms with van der Waals surface area (Å²) in [5.41, 5.74) is 0. The van der Waals surface area contributed by atoms with Gasteiger partial charge in [-0.2, -0.15) is 13.2 Å². The topological polar surface area (TPSA) is 20.3 Å². The van der Waals surface area contributed by atoms with E-state index in [0.717, 1.165) is 17.7 Å². The first-order chi connectivity index (χ1) is 7.84. The summed E-state index contributed by atoms with van der Waals surface area (Å²) >= 11 is 0. The van der Waals surface area contributed by atoms with E-state index in [1.54, 1.807) is 0 Å². The maximum atomic E-state index is 12.9. The molecule has 6 heteroatoms. The van der Waals surface area contributed by atoms with Gasteiger partial charge in [-0.25, -0.2) is 4.39 Å². The Kier molecular flexibility index (Phi) is 7.15. The van der Waals surface area contributed by atoms with E-state index in [1.165, 1.54) is 0 Å². The molecule has 0 N–H and O–H groups in total. The summed E-state index contributed by atoms with van der Waals surface area (Å²) in [5, 5.41) is 0. The molecule has 1 unspecified atom stereocenters. The molecule has 1 atom stereocenters. The van der Waals surface area contributed by atoms with Gasteiger partial charge in [0.25, 0.3) is 12.1 Å². The Morgan fingerprint density at radius 3 is 1.82 bits per heavy atom. The minimum absolute atomic E-state index is 0.186. The Hall–Kier alpha value is -0.810. The number of amides is 1. The number of hydrogen-bond donors (Lipinski definition) is 0. The molecule has 1 amide bonds. The van der Waals surface area contributed by atoms with Gasteiger partial charge in [-0.3, -0.25) is 4.79 Å². The summed E-state index contributed by atoms with van der Waals surface area (Å²) in [6, 6.07) is 0. The van der Waals surface area contributed by atoms with Crippen LogP contribution in [0.2, 0.25) is 0 Å². The Bertz CT molecular complexity index is 222. The fraction of sp³-hybridized carbons (Fsp3) is 0.909. The minimum Gasteiger partial charge on any atom is -0.340 e. The lowest BCUT2D eigenvalue weighted by atomic mass is 10.2. The molecule has 0 rings (SSSR count). The smallest absolute Gasteiger partial charge is 0.340 e. The van der Waals surface area contributed by atoms with E-state index in [2.05, 4.69) is 0 Å². The Labute approximate surface area is 99.0 Å². The Morgan fingerprint density at radius 2 is 1.53 bits per heavy atom. The molecule has 0 radical (unpaired) electrons. The predicted molar refractivity (Wildman–Crippen MR) is 57.3 cm³/mol.